The predicted molar refractivity (Wildman–Crippen MR) is 54.0 cm³/mol. The summed E-state index contributed by atoms with van der Waals surface area (Å²) in [5, 5.41) is 0. The summed E-state index contributed by atoms with van der Waals surface area (Å²) in [4.78, 5) is 0. The Bertz CT molecular complexity index is 56.8. The first kappa shape index (κ1) is 18.4. The van der Waals surface area contributed by atoms with Gasteiger partial charge in [0.15, 0.2) is 0 Å². The minimum Gasteiger partial charge on any atom is -0.346 e. The monoisotopic (exact) mass is 338 g/mol. The van der Waals surface area contributed by atoms with Crippen LogP contribution in [0.3, 0.4) is 0 Å². The molecule has 0 rings (SSSR count). The van der Waals surface area contributed by atoms with E-state index in [0.717, 1.165) is 0 Å². The topological polar surface area (TPSA) is 0 Å². The van der Waals surface area contributed by atoms with E-state index in [1.165, 1.54) is 18.1 Å². The van der Waals surface area contributed by atoms with Gasteiger partial charge in [-0.3, -0.25) is 0 Å². The van der Waals surface area contributed by atoms with Crippen LogP contribution in [0.5, 0.6) is 0 Å². The van der Waals surface area contributed by atoms with Crippen LogP contribution in [0.25, 0.3) is 0 Å². The zero-order chi connectivity index (χ0) is 8.62. The van der Waals surface area contributed by atoms with E-state index in [1.807, 2.05) is 0 Å². The largest absolute Gasteiger partial charge is 0.346 e. The van der Waals surface area contributed by atoms with E-state index in [0.29, 0.717) is 0 Å². The maximum atomic E-state index is 3.38. The van der Waals surface area contributed by atoms with Crippen molar-refractivity contribution in [3.8, 4) is 0 Å². The third-order valence-electron chi connectivity index (χ3n) is 1.93. The predicted octanol–water partition coefficient (Wildman–Crippen LogP) is 3.00. The van der Waals surface area contributed by atoms with Crippen LogP contribution >= 0.6 is 0 Å². The SMILES string of the molecule is CC[Si]([Se])(CC)CC.[CH2-]C.[Cd]. The summed E-state index contributed by atoms with van der Waals surface area (Å²) in [6, 6.07) is 4.21. The zero-order valence-electron chi connectivity index (χ0n) is 8.44. The molecule has 0 heterocycles. The Hall–Kier alpha value is 1.66. The normalized spacial score (nSPS) is 9.27. The second-order valence-electron chi connectivity index (χ2n) is 2.24. The van der Waals surface area contributed by atoms with E-state index in [4.69, 9.17) is 0 Å². The van der Waals surface area contributed by atoms with Crippen LogP contribution in [0.4, 0.5) is 0 Å². The molecular formula is C8H20CdSeSi-. The van der Waals surface area contributed by atoms with Crippen LogP contribution in [0.1, 0.15) is 27.7 Å². The fourth-order valence-corrected chi connectivity index (χ4v) is 2.25. The van der Waals surface area contributed by atoms with Crippen molar-refractivity contribution in [1.29, 1.82) is 0 Å². The van der Waals surface area contributed by atoms with Crippen molar-refractivity contribution in [2.45, 2.75) is 45.8 Å². The molecule has 3 heteroatoms. The first-order valence-corrected chi connectivity index (χ1v) is 9.19. The van der Waals surface area contributed by atoms with Crippen molar-refractivity contribution in [1.82, 2.24) is 0 Å². The Morgan fingerprint density at radius 3 is 1.18 bits per heavy atom. The van der Waals surface area contributed by atoms with Crippen LogP contribution < -0.4 is 0 Å². The minimum absolute atomic E-state index is 0. The first-order valence-electron chi connectivity index (χ1n) is 4.09. The second-order valence-corrected chi connectivity index (χ2v) is 12.2. The molecule has 0 unspecified atom stereocenters. The Morgan fingerprint density at radius 1 is 1.00 bits per heavy atom. The molecule has 0 nitrogen and oxygen atoms in total. The van der Waals surface area contributed by atoms with E-state index in [1.54, 1.807) is 6.92 Å². The van der Waals surface area contributed by atoms with Crippen LogP contribution in [-0.4, -0.2) is 22.1 Å². The number of rotatable bonds is 3. The van der Waals surface area contributed by atoms with Gasteiger partial charge >= 0.3 is 61.0 Å². The van der Waals surface area contributed by atoms with E-state index >= 15 is 0 Å². The maximum Gasteiger partial charge on any atom is 0 e. The van der Waals surface area contributed by atoms with E-state index in [2.05, 4.69) is 43.1 Å². The third kappa shape index (κ3) is 9.57. The average molecular weight is 336 g/mol. The first-order chi connectivity index (χ1) is 4.68. The Balaban J connectivity index is -0.000000196. The van der Waals surface area contributed by atoms with Crippen LogP contribution in [0.2, 0.25) is 18.1 Å². The minimum atomic E-state index is -0.796. The van der Waals surface area contributed by atoms with E-state index in [9.17, 15) is 0 Å². The van der Waals surface area contributed by atoms with Gasteiger partial charge in [-0.15, -0.1) is 0 Å². The molecule has 0 bridgehead atoms. The molecule has 0 aromatic carbocycles. The molecule has 0 N–H and O–H groups in total. The molecular weight excluding hydrogens is 316 g/mol. The van der Waals surface area contributed by atoms with Crippen LogP contribution in [0, 0.1) is 6.92 Å². The molecule has 0 saturated carbocycles. The van der Waals surface area contributed by atoms with Gasteiger partial charge in [-0.05, 0) is 0 Å². The Morgan fingerprint density at radius 2 is 1.18 bits per heavy atom. The van der Waals surface area contributed by atoms with Crippen molar-refractivity contribution < 1.29 is 27.3 Å². The Labute approximate surface area is 101 Å². The molecule has 0 atom stereocenters. The van der Waals surface area contributed by atoms with Gasteiger partial charge in [-0.25, -0.2) is 0 Å². The molecule has 0 aliphatic carbocycles. The summed E-state index contributed by atoms with van der Waals surface area (Å²) in [5.74, 6) is 0. The Kier molecular flexibility index (Phi) is 19.5. The van der Waals surface area contributed by atoms with Crippen molar-refractivity contribution in [2.24, 2.45) is 0 Å². The number of hydrogen-bond acceptors (Lipinski definition) is 0. The van der Waals surface area contributed by atoms with Gasteiger partial charge < -0.3 is 6.92 Å². The quantitative estimate of drug-likeness (QED) is 0.549. The molecule has 0 saturated heterocycles. The van der Waals surface area contributed by atoms with Crippen molar-refractivity contribution >= 4 is 22.1 Å². The molecule has 65 valence electrons. The van der Waals surface area contributed by atoms with Gasteiger partial charge in [0.1, 0.15) is 0 Å². The summed E-state index contributed by atoms with van der Waals surface area (Å²) < 4.78 is 0. The summed E-state index contributed by atoms with van der Waals surface area (Å²) >= 11 is 3.38. The van der Waals surface area contributed by atoms with Gasteiger partial charge in [0.05, 0.1) is 0 Å². The molecule has 0 fully saturated rings. The summed E-state index contributed by atoms with van der Waals surface area (Å²) in [5.41, 5.74) is 0. The van der Waals surface area contributed by atoms with Gasteiger partial charge in [0, 0.05) is 27.3 Å². The van der Waals surface area contributed by atoms with Crippen molar-refractivity contribution in [3.63, 3.8) is 0 Å². The fourth-order valence-electron chi connectivity index (χ4n) is 0.750. The molecule has 0 aliphatic rings. The summed E-state index contributed by atoms with van der Waals surface area (Å²) in [7, 11) is 0. The van der Waals surface area contributed by atoms with Gasteiger partial charge in [0.2, 0.25) is 0 Å². The van der Waals surface area contributed by atoms with Gasteiger partial charge in [-0.2, -0.15) is 6.92 Å². The standard InChI is InChI=1S/C6H15SeSi.C2H5.Cd/c1-4-8(7,5-2)6-3;1-2;/h4-6H2,1-3H3;1H2,2H3;/q;-1;. The molecule has 0 aliphatic heterocycles. The smallest absolute Gasteiger partial charge is 0 e. The van der Waals surface area contributed by atoms with Crippen molar-refractivity contribution in [2.75, 3.05) is 0 Å². The second kappa shape index (κ2) is 11.7. The average Bonchev–Trinajstić information content (AvgIpc) is 2.07. The third-order valence-corrected chi connectivity index (χ3v) is 11.2. The summed E-state index contributed by atoms with van der Waals surface area (Å²) in [6.45, 7) is 11.1. The van der Waals surface area contributed by atoms with E-state index < -0.39 is 6.68 Å². The van der Waals surface area contributed by atoms with Crippen LogP contribution in [0.15, 0.2) is 0 Å². The molecule has 11 heavy (non-hydrogen) atoms. The summed E-state index contributed by atoms with van der Waals surface area (Å²) in [6.07, 6.45) is 0. The number of hydrogen-bond donors (Lipinski definition) is 0. The van der Waals surface area contributed by atoms with Gasteiger partial charge in [-0.1, -0.05) is 0 Å². The maximum absolute atomic E-state index is 3.38. The molecule has 0 aromatic rings. The molecule has 0 aromatic heterocycles. The fraction of sp³-hybridized carbons (Fsp3) is 0.875. The molecule has 0 spiro atoms. The van der Waals surface area contributed by atoms with Crippen LogP contribution in [-0.2, 0) is 27.3 Å². The van der Waals surface area contributed by atoms with Crippen molar-refractivity contribution in [3.05, 3.63) is 6.92 Å². The zero-order valence-corrected chi connectivity index (χ0v) is 15.2. The molecule has 1 radical (unpaired) electrons. The van der Waals surface area contributed by atoms with E-state index in [-0.39, 0.29) is 27.3 Å². The molecule has 0 amide bonds. The van der Waals surface area contributed by atoms with Gasteiger partial charge in [0.25, 0.3) is 0 Å².